The number of amides is 2. The molecule has 0 aromatic heterocycles. The van der Waals surface area contributed by atoms with E-state index < -0.39 is 12.1 Å². The Kier molecular flexibility index (Phi) is 5.98. The van der Waals surface area contributed by atoms with Gasteiger partial charge in [0.2, 0.25) is 12.0 Å². The lowest BCUT2D eigenvalue weighted by molar-refractivity contribution is -0.135. The van der Waals surface area contributed by atoms with E-state index in [1.54, 1.807) is 19.1 Å². The van der Waals surface area contributed by atoms with Gasteiger partial charge in [-0.1, -0.05) is 35.8 Å². The minimum absolute atomic E-state index is 0.211. The van der Waals surface area contributed by atoms with Crippen LogP contribution >= 0.6 is 11.6 Å². The van der Waals surface area contributed by atoms with E-state index in [0.29, 0.717) is 23.7 Å². The normalized spacial score (nSPS) is 17.9. The van der Waals surface area contributed by atoms with Gasteiger partial charge in [-0.15, -0.1) is 0 Å². The van der Waals surface area contributed by atoms with Gasteiger partial charge in [-0.2, -0.15) is 0 Å². The molecule has 1 heterocycles. The van der Waals surface area contributed by atoms with Gasteiger partial charge in [-0.3, -0.25) is 9.59 Å². The maximum atomic E-state index is 12.2. The molecule has 0 saturated heterocycles. The number of nitrogens with zero attached hydrogens (tertiary/aromatic N) is 1. The first-order valence-corrected chi connectivity index (χ1v) is 7.95. The molecule has 2 rings (SSSR count). The maximum absolute atomic E-state index is 12.2. The molecule has 2 amide bonds. The monoisotopic (exact) mass is 337 g/mol. The Morgan fingerprint density at radius 1 is 1.39 bits per heavy atom. The van der Waals surface area contributed by atoms with Gasteiger partial charge in [-0.25, -0.2) is 0 Å². The van der Waals surface area contributed by atoms with Crippen molar-refractivity contribution in [3.05, 3.63) is 34.9 Å². The molecule has 1 aromatic rings. The van der Waals surface area contributed by atoms with Crippen molar-refractivity contribution in [2.24, 2.45) is 5.16 Å². The lowest BCUT2D eigenvalue weighted by Crippen LogP contribution is -2.48. The van der Waals surface area contributed by atoms with Crippen LogP contribution in [0.3, 0.4) is 0 Å². The predicted molar refractivity (Wildman–Crippen MR) is 88.4 cm³/mol. The molecule has 0 radical (unpaired) electrons. The molecule has 124 valence electrons. The zero-order valence-electron chi connectivity index (χ0n) is 13.1. The summed E-state index contributed by atoms with van der Waals surface area (Å²) in [6.45, 7) is 4.19. The summed E-state index contributed by atoms with van der Waals surface area (Å²) in [5.74, 6) is -0.561. The summed E-state index contributed by atoms with van der Waals surface area (Å²) in [6.07, 6.45) is 0.481. The maximum Gasteiger partial charge on any atom is 0.264 e. The van der Waals surface area contributed by atoms with Gasteiger partial charge in [0.05, 0.1) is 5.71 Å². The number of nitrogens with one attached hydrogen (secondary N) is 2. The summed E-state index contributed by atoms with van der Waals surface area (Å²) in [5.41, 5.74) is 1.54. The standard InChI is InChI=1S/C16H20ClN3O3/c1-3-8-18-15(21)10(2)19-16(22)14-9-13(20-23-14)11-4-6-12(17)7-5-11/h4-7,10,14H,3,8-9H2,1-2H3,(H,18,21)(H,19,22)/t10-,14-/m0/s1. The molecular weight excluding hydrogens is 318 g/mol. The van der Waals surface area contributed by atoms with Crippen LogP contribution in [-0.2, 0) is 14.4 Å². The highest BCUT2D eigenvalue weighted by Crippen LogP contribution is 2.18. The molecule has 1 aliphatic heterocycles. The van der Waals surface area contributed by atoms with Crippen molar-refractivity contribution in [2.45, 2.75) is 38.8 Å². The molecule has 2 atom stereocenters. The molecule has 6 nitrogen and oxygen atoms in total. The highest BCUT2D eigenvalue weighted by Gasteiger charge is 2.30. The number of hydrogen-bond donors (Lipinski definition) is 2. The van der Waals surface area contributed by atoms with E-state index in [9.17, 15) is 9.59 Å². The van der Waals surface area contributed by atoms with Gasteiger partial charge in [0.1, 0.15) is 6.04 Å². The Bertz CT molecular complexity index is 601. The number of halogens is 1. The highest BCUT2D eigenvalue weighted by atomic mass is 35.5. The van der Waals surface area contributed by atoms with Crippen LogP contribution in [0.15, 0.2) is 29.4 Å². The average Bonchev–Trinajstić information content (AvgIpc) is 3.03. The van der Waals surface area contributed by atoms with E-state index in [1.807, 2.05) is 19.1 Å². The summed E-state index contributed by atoms with van der Waals surface area (Å²) < 4.78 is 0. The molecule has 2 N–H and O–H groups in total. The Balaban J connectivity index is 1.86. The summed E-state index contributed by atoms with van der Waals surface area (Å²) >= 11 is 5.85. The predicted octanol–water partition coefficient (Wildman–Crippen LogP) is 1.86. The fourth-order valence-corrected chi connectivity index (χ4v) is 2.23. The third-order valence-corrected chi connectivity index (χ3v) is 3.69. The Morgan fingerprint density at radius 3 is 2.74 bits per heavy atom. The van der Waals surface area contributed by atoms with Crippen molar-refractivity contribution in [1.82, 2.24) is 10.6 Å². The molecule has 7 heteroatoms. The van der Waals surface area contributed by atoms with Crippen molar-refractivity contribution in [2.75, 3.05) is 6.54 Å². The summed E-state index contributed by atoms with van der Waals surface area (Å²) in [6, 6.07) is 6.55. The van der Waals surface area contributed by atoms with Crippen molar-refractivity contribution in [3.63, 3.8) is 0 Å². The van der Waals surface area contributed by atoms with Gasteiger partial charge < -0.3 is 15.5 Å². The minimum Gasteiger partial charge on any atom is -0.382 e. The first-order chi connectivity index (χ1) is 11.0. The molecule has 23 heavy (non-hydrogen) atoms. The molecular formula is C16H20ClN3O3. The van der Waals surface area contributed by atoms with Gasteiger partial charge in [0.15, 0.2) is 0 Å². The molecule has 0 unspecified atom stereocenters. The van der Waals surface area contributed by atoms with Crippen LogP contribution in [0.2, 0.25) is 5.02 Å². The molecule has 0 aliphatic carbocycles. The average molecular weight is 338 g/mol. The summed E-state index contributed by atoms with van der Waals surface area (Å²) in [4.78, 5) is 29.1. The zero-order chi connectivity index (χ0) is 16.8. The topological polar surface area (TPSA) is 79.8 Å². The first-order valence-electron chi connectivity index (χ1n) is 7.58. The van der Waals surface area contributed by atoms with Crippen molar-refractivity contribution < 1.29 is 14.4 Å². The smallest absolute Gasteiger partial charge is 0.264 e. The molecule has 1 aliphatic rings. The highest BCUT2D eigenvalue weighted by molar-refractivity contribution is 6.30. The Morgan fingerprint density at radius 2 is 2.09 bits per heavy atom. The van der Waals surface area contributed by atoms with E-state index in [-0.39, 0.29) is 11.8 Å². The van der Waals surface area contributed by atoms with E-state index in [4.69, 9.17) is 16.4 Å². The van der Waals surface area contributed by atoms with Crippen LogP contribution in [0, 0.1) is 0 Å². The molecule has 1 aromatic carbocycles. The van der Waals surface area contributed by atoms with Crippen molar-refractivity contribution in [3.8, 4) is 0 Å². The van der Waals surface area contributed by atoms with Gasteiger partial charge in [0.25, 0.3) is 5.91 Å². The second-order valence-electron chi connectivity index (χ2n) is 5.36. The molecule has 0 saturated carbocycles. The summed E-state index contributed by atoms with van der Waals surface area (Å²) in [7, 11) is 0. The number of benzene rings is 1. The van der Waals surface area contributed by atoms with Gasteiger partial charge in [0, 0.05) is 18.0 Å². The summed E-state index contributed by atoms with van der Waals surface area (Å²) in [5, 5.41) is 9.96. The van der Waals surface area contributed by atoms with E-state index in [1.165, 1.54) is 0 Å². The van der Waals surface area contributed by atoms with E-state index in [2.05, 4.69) is 15.8 Å². The third kappa shape index (κ3) is 4.69. The van der Waals surface area contributed by atoms with Crippen LogP contribution < -0.4 is 10.6 Å². The fourth-order valence-electron chi connectivity index (χ4n) is 2.10. The lowest BCUT2D eigenvalue weighted by Gasteiger charge is -2.15. The number of rotatable bonds is 6. The van der Waals surface area contributed by atoms with Crippen LogP contribution in [0.5, 0.6) is 0 Å². The molecule has 0 fully saturated rings. The number of oxime groups is 1. The molecule has 0 bridgehead atoms. The SMILES string of the molecule is CCCNC(=O)[C@H](C)NC(=O)[C@@H]1CC(c2ccc(Cl)cc2)=NO1. The second-order valence-corrected chi connectivity index (χ2v) is 5.80. The van der Waals surface area contributed by atoms with Gasteiger partial charge >= 0.3 is 0 Å². The number of hydrogen-bond acceptors (Lipinski definition) is 4. The van der Waals surface area contributed by atoms with Crippen LogP contribution in [0.25, 0.3) is 0 Å². The fraction of sp³-hybridized carbons (Fsp3) is 0.438. The van der Waals surface area contributed by atoms with Crippen LogP contribution in [0.1, 0.15) is 32.3 Å². The van der Waals surface area contributed by atoms with Crippen molar-refractivity contribution in [1.29, 1.82) is 0 Å². The van der Waals surface area contributed by atoms with E-state index >= 15 is 0 Å². The van der Waals surface area contributed by atoms with Crippen LogP contribution in [-0.4, -0.2) is 36.2 Å². The largest absolute Gasteiger partial charge is 0.382 e. The quantitative estimate of drug-likeness (QED) is 0.831. The number of carbonyl (C=O) groups is 2. The zero-order valence-corrected chi connectivity index (χ0v) is 13.9. The van der Waals surface area contributed by atoms with Crippen LogP contribution in [0.4, 0.5) is 0 Å². The first kappa shape index (κ1) is 17.3. The van der Waals surface area contributed by atoms with Crippen molar-refractivity contribution >= 4 is 29.1 Å². The van der Waals surface area contributed by atoms with E-state index in [0.717, 1.165) is 12.0 Å². The third-order valence-electron chi connectivity index (χ3n) is 3.44. The minimum atomic E-state index is -0.720. The Hall–Kier alpha value is -2.08. The second kappa shape index (κ2) is 7.97. The number of carbonyl (C=O) groups excluding carboxylic acids is 2. The van der Waals surface area contributed by atoms with Gasteiger partial charge in [-0.05, 0) is 31.0 Å². The lowest BCUT2D eigenvalue weighted by atomic mass is 10.0. The molecule has 0 spiro atoms. The Labute approximate surface area is 140 Å².